The average molecular weight is 424 g/mol. The van der Waals surface area contributed by atoms with Crippen molar-refractivity contribution in [2.24, 2.45) is 5.92 Å². The number of nitrogens with zero attached hydrogens (tertiary/aromatic N) is 4. The lowest BCUT2D eigenvalue weighted by atomic mass is 10.1. The Bertz CT molecular complexity index is 641. The molecule has 0 aromatic carbocycles. The van der Waals surface area contributed by atoms with Gasteiger partial charge in [-0.05, 0) is 5.92 Å². The summed E-state index contributed by atoms with van der Waals surface area (Å²) < 4.78 is 10.9. The summed E-state index contributed by atoms with van der Waals surface area (Å²) in [7, 11) is 0. The number of rotatable bonds is 10. The average Bonchev–Trinajstić information content (AvgIpc) is 3.22. The molecule has 9 nitrogen and oxygen atoms in total. The van der Waals surface area contributed by atoms with Crippen LogP contribution in [0.3, 0.4) is 0 Å². The van der Waals surface area contributed by atoms with Gasteiger partial charge < -0.3 is 19.6 Å². The van der Waals surface area contributed by atoms with Gasteiger partial charge in [-0.25, -0.2) is 4.98 Å². The van der Waals surface area contributed by atoms with Gasteiger partial charge in [0.25, 0.3) is 5.91 Å². The smallest absolute Gasteiger partial charge is 0.273 e. The molecule has 0 radical (unpaired) electrons. The summed E-state index contributed by atoms with van der Waals surface area (Å²) >= 11 is 0. The highest BCUT2D eigenvalue weighted by Crippen LogP contribution is 2.10. The minimum absolute atomic E-state index is 0.177. The number of aromatic nitrogens is 1. The second-order valence-electron chi connectivity index (χ2n) is 8.49. The number of β-amino-alcohol motifs (C(OH)–C–C–N with tert-alkyl or cyclic N) is 1. The molecule has 3 heterocycles. The summed E-state index contributed by atoms with van der Waals surface area (Å²) in [4.78, 5) is 23.4. The molecule has 1 amide bonds. The fraction of sp³-hybridized carbons (Fsp3) is 0.810. The van der Waals surface area contributed by atoms with Gasteiger partial charge in [0, 0.05) is 58.9 Å². The molecular weight excluding hydrogens is 386 g/mol. The highest BCUT2D eigenvalue weighted by Gasteiger charge is 2.23. The molecule has 0 bridgehead atoms. The van der Waals surface area contributed by atoms with Crippen LogP contribution in [-0.4, -0.2) is 109 Å². The first-order valence-electron chi connectivity index (χ1n) is 11.2. The molecule has 2 saturated heterocycles. The molecule has 30 heavy (non-hydrogen) atoms. The van der Waals surface area contributed by atoms with Crippen molar-refractivity contribution in [3.63, 3.8) is 0 Å². The van der Waals surface area contributed by atoms with Crippen molar-refractivity contribution >= 4 is 5.91 Å². The lowest BCUT2D eigenvalue weighted by Gasteiger charge is -2.36. The zero-order valence-corrected chi connectivity index (χ0v) is 18.4. The molecule has 1 aromatic heterocycles. The number of oxazole rings is 1. The molecule has 9 heteroatoms. The first kappa shape index (κ1) is 23.1. The van der Waals surface area contributed by atoms with Crippen LogP contribution in [0.1, 0.15) is 36.6 Å². The number of nitrogens with one attached hydrogen (secondary N) is 1. The predicted molar refractivity (Wildman–Crippen MR) is 113 cm³/mol. The van der Waals surface area contributed by atoms with Crippen LogP contribution < -0.4 is 5.32 Å². The SMILES string of the molecule is CC[C@@H](C)CNC(=O)c1coc(CN2CCN(C[C@H](O)CN3CCOCC3)CC2)n1. The van der Waals surface area contributed by atoms with E-state index in [0.717, 1.165) is 58.9 Å². The molecule has 1 aromatic rings. The Morgan fingerprint density at radius 3 is 2.43 bits per heavy atom. The van der Waals surface area contributed by atoms with Crippen molar-refractivity contribution in [2.45, 2.75) is 32.9 Å². The highest BCUT2D eigenvalue weighted by molar-refractivity contribution is 5.91. The number of hydrogen-bond acceptors (Lipinski definition) is 8. The lowest BCUT2D eigenvalue weighted by molar-refractivity contribution is 0.00187. The first-order valence-corrected chi connectivity index (χ1v) is 11.2. The minimum Gasteiger partial charge on any atom is -0.447 e. The Morgan fingerprint density at radius 1 is 1.13 bits per heavy atom. The van der Waals surface area contributed by atoms with Crippen molar-refractivity contribution in [3.05, 3.63) is 17.8 Å². The van der Waals surface area contributed by atoms with Crippen molar-refractivity contribution in [2.75, 3.05) is 72.1 Å². The zero-order valence-electron chi connectivity index (χ0n) is 18.4. The van der Waals surface area contributed by atoms with Gasteiger partial charge >= 0.3 is 0 Å². The third-order valence-electron chi connectivity index (χ3n) is 5.96. The number of morpholine rings is 1. The number of aliphatic hydroxyl groups excluding tert-OH is 1. The quantitative estimate of drug-likeness (QED) is 0.554. The summed E-state index contributed by atoms with van der Waals surface area (Å²) in [6, 6.07) is 0. The van der Waals surface area contributed by atoms with E-state index in [1.165, 1.54) is 6.26 Å². The monoisotopic (exact) mass is 423 g/mol. The number of piperazine rings is 1. The number of carbonyl (C=O) groups is 1. The molecular formula is C21H37N5O4. The van der Waals surface area contributed by atoms with E-state index in [1.807, 2.05) is 0 Å². The normalized spacial score (nSPS) is 21.4. The molecule has 170 valence electrons. The highest BCUT2D eigenvalue weighted by atomic mass is 16.5. The third kappa shape index (κ3) is 7.31. The first-order chi connectivity index (χ1) is 14.5. The summed E-state index contributed by atoms with van der Waals surface area (Å²) in [6.45, 7) is 13.8. The van der Waals surface area contributed by atoms with Crippen molar-refractivity contribution in [1.29, 1.82) is 0 Å². The maximum atomic E-state index is 12.2. The number of carbonyl (C=O) groups excluding carboxylic acids is 1. The van der Waals surface area contributed by atoms with Crippen LogP contribution in [0.5, 0.6) is 0 Å². The second kappa shape index (κ2) is 11.8. The Hall–Kier alpha value is -1.52. The zero-order chi connectivity index (χ0) is 21.3. The van der Waals surface area contributed by atoms with Crippen LogP contribution in [0.2, 0.25) is 0 Å². The van der Waals surface area contributed by atoms with E-state index in [9.17, 15) is 9.90 Å². The Morgan fingerprint density at radius 2 is 1.77 bits per heavy atom. The molecule has 2 aliphatic heterocycles. The van der Waals surface area contributed by atoms with Crippen LogP contribution in [0.15, 0.2) is 10.7 Å². The van der Waals surface area contributed by atoms with Crippen LogP contribution in [0, 0.1) is 5.92 Å². The number of aliphatic hydroxyl groups is 1. The molecule has 2 fully saturated rings. The van der Waals surface area contributed by atoms with Gasteiger partial charge in [0.1, 0.15) is 6.26 Å². The molecule has 2 N–H and O–H groups in total. The molecule has 2 atom stereocenters. The van der Waals surface area contributed by atoms with Gasteiger partial charge in [0.15, 0.2) is 5.69 Å². The van der Waals surface area contributed by atoms with Gasteiger partial charge in [0.2, 0.25) is 5.89 Å². The van der Waals surface area contributed by atoms with Crippen LogP contribution in [0.25, 0.3) is 0 Å². The summed E-state index contributed by atoms with van der Waals surface area (Å²) in [5, 5.41) is 13.3. The predicted octanol–water partition coefficient (Wildman–Crippen LogP) is 0.261. The molecule has 0 aliphatic carbocycles. The summed E-state index contributed by atoms with van der Waals surface area (Å²) in [5.41, 5.74) is 0.346. The maximum absolute atomic E-state index is 12.2. The second-order valence-corrected chi connectivity index (χ2v) is 8.49. The molecule has 3 rings (SSSR count). The van der Waals surface area contributed by atoms with Crippen molar-refractivity contribution in [3.8, 4) is 0 Å². The van der Waals surface area contributed by atoms with E-state index in [0.29, 0.717) is 43.7 Å². The number of hydrogen-bond donors (Lipinski definition) is 2. The Kier molecular flexibility index (Phi) is 9.07. The lowest BCUT2D eigenvalue weighted by Crippen LogP contribution is -2.50. The summed E-state index contributed by atoms with van der Waals surface area (Å²) in [6.07, 6.45) is 2.14. The number of ether oxygens (including phenoxy) is 1. The maximum Gasteiger partial charge on any atom is 0.273 e. The van der Waals surface area contributed by atoms with E-state index in [1.54, 1.807) is 0 Å². The van der Waals surface area contributed by atoms with Gasteiger partial charge in [-0.2, -0.15) is 0 Å². The largest absolute Gasteiger partial charge is 0.447 e. The molecule has 0 spiro atoms. The fourth-order valence-electron chi connectivity index (χ4n) is 3.75. The summed E-state index contributed by atoms with van der Waals surface area (Å²) in [5.74, 6) is 0.845. The van der Waals surface area contributed by atoms with E-state index in [2.05, 4.69) is 38.8 Å². The van der Waals surface area contributed by atoms with E-state index in [4.69, 9.17) is 9.15 Å². The Balaban J connectivity index is 1.35. The van der Waals surface area contributed by atoms with Crippen molar-refractivity contribution in [1.82, 2.24) is 25.0 Å². The topological polar surface area (TPSA) is 94.3 Å². The fourth-order valence-corrected chi connectivity index (χ4v) is 3.75. The van der Waals surface area contributed by atoms with E-state index >= 15 is 0 Å². The van der Waals surface area contributed by atoms with Crippen LogP contribution in [0.4, 0.5) is 0 Å². The number of amides is 1. The van der Waals surface area contributed by atoms with E-state index < -0.39 is 0 Å². The van der Waals surface area contributed by atoms with Gasteiger partial charge in [-0.15, -0.1) is 0 Å². The van der Waals surface area contributed by atoms with Gasteiger partial charge in [0.05, 0.1) is 25.9 Å². The molecule has 0 saturated carbocycles. The standard InChI is InChI=1S/C21H37N5O4/c1-3-17(2)12-22-21(28)19-16-30-20(23-19)15-25-6-4-24(5-7-25)13-18(27)14-26-8-10-29-11-9-26/h16-18,27H,3-15H2,1-2H3,(H,22,28)/t17-,18+/m1/s1. The van der Waals surface area contributed by atoms with Crippen LogP contribution in [-0.2, 0) is 11.3 Å². The Labute approximate surface area is 179 Å². The minimum atomic E-state index is -0.335. The molecule has 2 aliphatic rings. The van der Waals surface area contributed by atoms with Gasteiger partial charge in [-0.1, -0.05) is 20.3 Å². The third-order valence-corrected chi connectivity index (χ3v) is 5.96. The van der Waals surface area contributed by atoms with Gasteiger partial charge in [-0.3, -0.25) is 19.5 Å². The van der Waals surface area contributed by atoms with E-state index in [-0.39, 0.29) is 12.0 Å². The van der Waals surface area contributed by atoms with Crippen LogP contribution >= 0.6 is 0 Å². The molecule has 0 unspecified atom stereocenters. The van der Waals surface area contributed by atoms with Crippen molar-refractivity contribution < 1.29 is 19.1 Å².